The second kappa shape index (κ2) is 2.88. The molecule has 1 rings (SSSR count). The first-order chi connectivity index (χ1) is 5.65. The number of hydrogen-bond donors (Lipinski definition) is 2. The summed E-state index contributed by atoms with van der Waals surface area (Å²) in [5.74, 6) is 1.00. The van der Waals surface area contributed by atoms with Gasteiger partial charge >= 0.3 is 5.69 Å². The summed E-state index contributed by atoms with van der Waals surface area (Å²) < 4.78 is 0. The van der Waals surface area contributed by atoms with E-state index in [4.69, 9.17) is 6.42 Å². The van der Waals surface area contributed by atoms with Gasteiger partial charge in [-0.25, -0.2) is 4.79 Å². The summed E-state index contributed by atoms with van der Waals surface area (Å²) in [7, 11) is 0. The maximum atomic E-state index is 10.8. The first-order valence-electron chi connectivity index (χ1n) is 2.98. The number of carbonyl (C=O) groups is 1. The molecule has 0 aliphatic carbocycles. The van der Waals surface area contributed by atoms with Crippen molar-refractivity contribution >= 4 is 5.78 Å². The second-order valence-electron chi connectivity index (χ2n) is 1.96. The molecule has 0 spiro atoms. The van der Waals surface area contributed by atoms with Gasteiger partial charge in [0.1, 0.15) is 5.56 Å². The Kier molecular flexibility index (Phi) is 1.92. The molecule has 0 aliphatic rings. The molecule has 0 bridgehead atoms. The van der Waals surface area contributed by atoms with E-state index in [0.717, 1.165) is 6.20 Å². The molecule has 12 heavy (non-hydrogen) atoms. The van der Waals surface area contributed by atoms with Gasteiger partial charge in [-0.15, -0.1) is 6.42 Å². The Morgan fingerprint density at radius 3 is 2.67 bits per heavy atom. The predicted octanol–water partition coefficient (Wildman–Crippen LogP) is -1.12. The number of hydrogen-bond acceptors (Lipinski definition) is 3. The van der Waals surface area contributed by atoms with Crippen LogP contribution in [0.2, 0.25) is 0 Å². The largest absolute Gasteiger partial charge is 0.325 e. The average molecular weight is 164 g/mol. The van der Waals surface area contributed by atoms with Crippen molar-refractivity contribution < 1.29 is 4.79 Å². The number of Topliss-reactive ketones (excluding diaryl/α,β-unsaturated/α-hetero) is 1. The van der Waals surface area contributed by atoms with E-state index in [9.17, 15) is 14.4 Å². The highest BCUT2D eigenvalue weighted by molar-refractivity contribution is 6.08. The molecule has 0 fully saturated rings. The van der Waals surface area contributed by atoms with Crippen LogP contribution in [0.3, 0.4) is 0 Å². The van der Waals surface area contributed by atoms with Crippen LogP contribution < -0.4 is 11.2 Å². The summed E-state index contributed by atoms with van der Waals surface area (Å²) in [6, 6.07) is 0. The maximum absolute atomic E-state index is 10.8. The first kappa shape index (κ1) is 8.01. The van der Waals surface area contributed by atoms with Crippen molar-refractivity contribution in [3.8, 4) is 12.3 Å². The molecule has 0 aliphatic heterocycles. The van der Waals surface area contributed by atoms with Crippen molar-refractivity contribution in [1.82, 2.24) is 9.97 Å². The minimum atomic E-state index is -0.776. The number of H-pyrrole nitrogens is 2. The van der Waals surface area contributed by atoms with E-state index in [-0.39, 0.29) is 5.56 Å². The minimum absolute atomic E-state index is 0.239. The topological polar surface area (TPSA) is 82.8 Å². The molecule has 0 atom stereocenters. The molecule has 0 unspecified atom stereocenters. The number of carbonyl (C=O) groups excluding carboxylic acids is 1. The minimum Gasteiger partial charge on any atom is -0.313 e. The number of aromatic amines is 2. The van der Waals surface area contributed by atoms with Crippen molar-refractivity contribution in [2.45, 2.75) is 0 Å². The summed E-state index contributed by atoms with van der Waals surface area (Å²) in [5.41, 5.74) is -1.69. The second-order valence-corrected chi connectivity index (χ2v) is 1.96. The molecule has 1 heterocycles. The fourth-order valence-electron chi connectivity index (χ4n) is 0.656. The molecule has 0 saturated carbocycles. The molecule has 2 N–H and O–H groups in total. The van der Waals surface area contributed by atoms with Crippen LogP contribution in [0.5, 0.6) is 0 Å². The third kappa shape index (κ3) is 1.32. The lowest BCUT2D eigenvalue weighted by atomic mass is 10.2. The Morgan fingerprint density at radius 2 is 2.17 bits per heavy atom. The Labute approximate surface area is 66.4 Å². The fourth-order valence-corrected chi connectivity index (χ4v) is 0.656. The molecular weight excluding hydrogens is 160 g/mol. The fraction of sp³-hybridized carbons (Fsp3) is 0. The summed E-state index contributed by atoms with van der Waals surface area (Å²) in [6.07, 6.45) is 5.76. The van der Waals surface area contributed by atoms with Crippen LogP contribution in [0.4, 0.5) is 0 Å². The van der Waals surface area contributed by atoms with Gasteiger partial charge in [0.25, 0.3) is 5.56 Å². The van der Waals surface area contributed by atoms with Crippen LogP contribution in [0.15, 0.2) is 15.8 Å². The monoisotopic (exact) mass is 164 g/mol. The molecule has 0 aromatic carbocycles. The molecule has 5 nitrogen and oxygen atoms in total. The molecule has 1 aromatic rings. The SMILES string of the molecule is C#CC(=O)c1c[nH]c(=O)[nH]c1=O. The highest BCUT2D eigenvalue weighted by Gasteiger charge is 2.06. The van der Waals surface area contributed by atoms with Crippen LogP contribution in [0.25, 0.3) is 0 Å². The Bertz CT molecular complexity index is 461. The van der Waals surface area contributed by atoms with Gasteiger partial charge in [0.15, 0.2) is 0 Å². The van der Waals surface area contributed by atoms with Crippen LogP contribution in [0.1, 0.15) is 10.4 Å². The number of terminal acetylenes is 1. The van der Waals surface area contributed by atoms with Gasteiger partial charge < -0.3 is 4.98 Å². The van der Waals surface area contributed by atoms with Crippen LogP contribution in [0, 0.1) is 12.3 Å². The van der Waals surface area contributed by atoms with Gasteiger partial charge in [-0.1, -0.05) is 0 Å². The summed E-state index contributed by atoms with van der Waals surface area (Å²) >= 11 is 0. The van der Waals surface area contributed by atoms with E-state index in [1.54, 1.807) is 5.92 Å². The lowest BCUT2D eigenvalue weighted by molar-refractivity contribution is 0.105. The normalized spacial score (nSPS) is 8.92. The molecule has 1 aromatic heterocycles. The smallest absolute Gasteiger partial charge is 0.313 e. The summed E-state index contributed by atoms with van der Waals surface area (Å²) in [6.45, 7) is 0. The number of nitrogens with one attached hydrogen (secondary N) is 2. The zero-order valence-corrected chi connectivity index (χ0v) is 5.88. The standard InChI is InChI=1S/C7H4N2O3/c1-2-5(10)4-3-8-7(12)9-6(4)11/h1,3H,(H2,8,9,11,12). The van der Waals surface area contributed by atoms with Gasteiger partial charge in [0.2, 0.25) is 5.78 Å². The van der Waals surface area contributed by atoms with Gasteiger partial charge in [0.05, 0.1) is 0 Å². The molecule has 0 radical (unpaired) electrons. The number of aromatic nitrogens is 2. The van der Waals surface area contributed by atoms with Gasteiger partial charge in [-0.2, -0.15) is 0 Å². The third-order valence-electron chi connectivity index (χ3n) is 1.20. The average Bonchev–Trinajstić information content (AvgIpc) is 2.03. The molecule has 5 heteroatoms. The summed E-state index contributed by atoms with van der Waals surface area (Å²) in [4.78, 5) is 36.1. The number of rotatable bonds is 1. The van der Waals surface area contributed by atoms with Crippen LogP contribution in [-0.2, 0) is 0 Å². The Balaban J connectivity index is 3.40. The summed E-state index contributed by atoms with van der Waals surface area (Å²) in [5, 5.41) is 0. The Hall–Kier alpha value is -2.09. The van der Waals surface area contributed by atoms with Crippen molar-refractivity contribution in [3.63, 3.8) is 0 Å². The van der Waals surface area contributed by atoms with Gasteiger partial charge in [-0.05, 0) is 5.92 Å². The Morgan fingerprint density at radius 1 is 1.50 bits per heavy atom. The van der Waals surface area contributed by atoms with E-state index in [1.165, 1.54) is 0 Å². The van der Waals surface area contributed by atoms with E-state index < -0.39 is 17.0 Å². The molecule has 60 valence electrons. The van der Waals surface area contributed by atoms with Crippen molar-refractivity contribution in [2.75, 3.05) is 0 Å². The van der Waals surface area contributed by atoms with Gasteiger partial charge in [0, 0.05) is 6.20 Å². The number of ketones is 1. The van der Waals surface area contributed by atoms with E-state index >= 15 is 0 Å². The van der Waals surface area contributed by atoms with E-state index in [0.29, 0.717) is 0 Å². The third-order valence-corrected chi connectivity index (χ3v) is 1.20. The van der Waals surface area contributed by atoms with Crippen molar-refractivity contribution in [2.24, 2.45) is 0 Å². The highest BCUT2D eigenvalue weighted by Crippen LogP contribution is 1.84. The van der Waals surface area contributed by atoms with Crippen molar-refractivity contribution in [3.05, 3.63) is 32.6 Å². The highest BCUT2D eigenvalue weighted by atomic mass is 16.2. The first-order valence-corrected chi connectivity index (χ1v) is 2.98. The quantitative estimate of drug-likeness (QED) is 0.313. The molecule has 0 saturated heterocycles. The maximum Gasteiger partial charge on any atom is 0.325 e. The molecular formula is C7H4N2O3. The predicted molar refractivity (Wildman–Crippen MR) is 40.8 cm³/mol. The van der Waals surface area contributed by atoms with Gasteiger partial charge in [-0.3, -0.25) is 14.6 Å². The van der Waals surface area contributed by atoms with Crippen molar-refractivity contribution in [1.29, 1.82) is 0 Å². The molecule has 0 amide bonds. The van der Waals surface area contributed by atoms with Crippen LogP contribution >= 0.6 is 0 Å². The lowest BCUT2D eigenvalue weighted by Gasteiger charge is -1.89. The zero-order valence-electron chi connectivity index (χ0n) is 5.88. The van der Waals surface area contributed by atoms with Crippen LogP contribution in [-0.4, -0.2) is 15.8 Å². The van der Waals surface area contributed by atoms with E-state index in [2.05, 4.69) is 4.98 Å². The zero-order chi connectivity index (χ0) is 9.14. The lowest BCUT2D eigenvalue weighted by Crippen LogP contribution is -2.26. The van der Waals surface area contributed by atoms with E-state index in [1.807, 2.05) is 4.98 Å².